The molecule has 0 aliphatic carbocycles. The largest absolute Gasteiger partial charge is 0.416 e. The summed E-state index contributed by atoms with van der Waals surface area (Å²) in [6.07, 6.45) is -9.98. The van der Waals surface area contributed by atoms with E-state index in [1.54, 1.807) is 0 Å². The molecule has 1 aliphatic heterocycles. The summed E-state index contributed by atoms with van der Waals surface area (Å²) in [6, 6.07) is 10.7. The van der Waals surface area contributed by atoms with Gasteiger partial charge in [0.15, 0.2) is 0 Å². The van der Waals surface area contributed by atoms with Crippen LogP contribution in [0.15, 0.2) is 48.5 Å². The maximum Gasteiger partial charge on any atom is 0.416 e. The van der Waals surface area contributed by atoms with E-state index < -0.39 is 35.0 Å². The number of hydrogen-bond acceptors (Lipinski definition) is 3. The number of benzene rings is 2. The molecule has 3 rings (SSSR count). The maximum absolute atomic E-state index is 12.9. The predicted octanol–water partition coefficient (Wildman–Crippen LogP) is 4.28. The Morgan fingerprint density at radius 2 is 1.39 bits per heavy atom. The van der Waals surface area contributed by atoms with Crippen molar-refractivity contribution in [3.8, 4) is 0 Å². The lowest BCUT2D eigenvalue weighted by Gasteiger charge is -2.36. The van der Waals surface area contributed by atoms with Gasteiger partial charge in [0, 0.05) is 50.5 Å². The van der Waals surface area contributed by atoms with Gasteiger partial charge in [-0.15, -0.1) is 0 Å². The molecule has 2 aromatic carbocycles. The Bertz CT molecular complexity index is 858. The van der Waals surface area contributed by atoms with Crippen molar-refractivity contribution in [2.24, 2.45) is 0 Å². The van der Waals surface area contributed by atoms with E-state index >= 15 is 0 Å². The summed E-state index contributed by atoms with van der Waals surface area (Å²) in [4.78, 5) is 16.5. The molecule has 1 N–H and O–H groups in total. The van der Waals surface area contributed by atoms with Crippen LogP contribution in [0.2, 0.25) is 0 Å². The van der Waals surface area contributed by atoms with Crippen molar-refractivity contribution in [3.05, 3.63) is 65.2 Å². The summed E-state index contributed by atoms with van der Waals surface area (Å²) in [5, 5.41) is 2.42. The molecule has 0 atom stereocenters. The van der Waals surface area contributed by atoms with E-state index in [1.807, 2.05) is 30.3 Å². The molecule has 1 heterocycles. The Kier molecular flexibility index (Phi) is 6.78. The molecule has 1 amide bonds. The Balaban J connectivity index is 1.55. The first-order valence-electron chi connectivity index (χ1n) is 9.64. The van der Waals surface area contributed by atoms with Crippen LogP contribution < -0.4 is 10.2 Å². The van der Waals surface area contributed by atoms with Gasteiger partial charge in [-0.3, -0.25) is 9.69 Å². The maximum atomic E-state index is 12.9. The zero-order valence-corrected chi connectivity index (χ0v) is 16.4. The van der Waals surface area contributed by atoms with Gasteiger partial charge in [-0.25, -0.2) is 0 Å². The van der Waals surface area contributed by atoms with Crippen molar-refractivity contribution in [3.63, 3.8) is 0 Å². The molecule has 4 nitrogen and oxygen atoms in total. The number of halogens is 6. The van der Waals surface area contributed by atoms with Crippen LogP contribution in [0.5, 0.6) is 0 Å². The highest BCUT2D eigenvalue weighted by Crippen LogP contribution is 2.36. The molecule has 168 valence electrons. The minimum atomic E-state index is -4.99. The van der Waals surface area contributed by atoms with Gasteiger partial charge in [-0.1, -0.05) is 18.2 Å². The van der Waals surface area contributed by atoms with E-state index in [1.165, 1.54) is 0 Å². The lowest BCUT2D eigenvalue weighted by atomic mass is 10.0. The first-order valence-corrected chi connectivity index (χ1v) is 9.64. The van der Waals surface area contributed by atoms with Crippen LogP contribution in [0, 0.1) is 0 Å². The summed E-state index contributed by atoms with van der Waals surface area (Å²) >= 11 is 0. The number of alkyl halides is 6. The van der Waals surface area contributed by atoms with Crippen molar-refractivity contribution in [1.82, 2.24) is 10.2 Å². The second kappa shape index (κ2) is 9.17. The summed E-state index contributed by atoms with van der Waals surface area (Å²) in [5.74, 6) is -0.973. The second-order valence-electron chi connectivity index (χ2n) is 7.21. The SMILES string of the molecule is O=C(NCCN1CCN(c2ccccc2)CC1)c1cc(C(F)(F)F)cc(C(F)(F)F)c1. The van der Waals surface area contributed by atoms with Crippen molar-refractivity contribution in [2.75, 3.05) is 44.2 Å². The van der Waals surface area contributed by atoms with Crippen LogP contribution in [-0.4, -0.2) is 50.1 Å². The number of hydrogen-bond donors (Lipinski definition) is 1. The lowest BCUT2D eigenvalue weighted by molar-refractivity contribution is -0.143. The monoisotopic (exact) mass is 445 g/mol. The normalized spacial score (nSPS) is 15.7. The quantitative estimate of drug-likeness (QED) is 0.699. The Morgan fingerprint density at radius 1 is 0.839 bits per heavy atom. The molecule has 0 unspecified atom stereocenters. The minimum Gasteiger partial charge on any atom is -0.369 e. The van der Waals surface area contributed by atoms with Crippen molar-refractivity contribution >= 4 is 11.6 Å². The molecule has 1 aliphatic rings. The van der Waals surface area contributed by atoms with Crippen LogP contribution in [0.25, 0.3) is 0 Å². The van der Waals surface area contributed by atoms with E-state index in [0.717, 1.165) is 31.9 Å². The van der Waals surface area contributed by atoms with Crippen LogP contribution in [-0.2, 0) is 12.4 Å². The third kappa shape index (κ3) is 6.13. The van der Waals surface area contributed by atoms with Gasteiger partial charge in [0.25, 0.3) is 5.91 Å². The number of carbonyl (C=O) groups is 1. The van der Waals surface area contributed by atoms with Crippen LogP contribution in [0.1, 0.15) is 21.5 Å². The highest BCUT2D eigenvalue weighted by Gasteiger charge is 2.37. The van der Waals surface area contributed by atoms with E-state index in [2.05, 4.69) is 15.1 Å². The van der Waals surface area contributed by atoms with Crippen molar-refractivity contribution in [2.45, 2.75) is 12.4 Å². The third-order valence-electron chi connectivity index (χ3n) is 5.06. The number of amides is 1. The van der Waals surface area contributed by atoms with E-state index in [4.69, 9.17) is 0 Å². The molecule has 0 spiro atoms. The average molecular weight is 445 g/mol. The molecule has 0 saturated carbocycles. The van der Waals surface area contributed by atoms with Gasteiger partial charge in [0.2, 0.25) is 0 Å². The number of nitrogens with zero attached hydrogens (tertiary/aromatic N) is 2. The fraction of sp³-hybridized carbons (Fsp3) is 0.381. The number of carbonyl (C=O) groups excluding carboxylic acids is 1. The van der Waals surface area contributed by atoms with E-state index in [-0.39, 0.29) is 12.6 Å². The molecule has 0 bridgehead atoms. The molecular formula is C21H21F6N3O. The van der Waals surface area contributed by atoms with Gasteiger partial charge < -0.3 is 10.2 Å². The van der Waals surface area contributed by atoms with Gasteiger partial charge in [-0.05, 0) is 30.3 Å². The fourth-order valence-electron chi connectivity index (χ4n) is 3.38. The zero-order chi connectivity index (χ0) is 22.6. The predicted molar refractivity (Wildman–Crippen MR) is 104 cm³/mol. The first kappa shape index (κ1) is 22.9. The van der Waals surface area contributed by atoms with Gasteiger partial charge in [0.1, 0.15) is 0 Å². The molecule has 0 aromatic heterocycles. The summed E-state index contributed by atoms with van der Waals surface area (Å²) in [5.41, 5.74) is -2.58. The van der Waals surface area contributed by atoms with Crippen LogP contribution in [0.3, 0.4) is 0 Å². The molecule has 2 aromatic rings. The van der Waals surface area contributed by atoms with E-state index in [9.17, 15) is 31.1 Å². The standard InChI is InChI=1S/C21H21F6N3O/c22-20(23,24)16-12-15(13-17(14-16)21(25,26)27)19(31)28-6-7-29-8-10-30(11-9-29)18-4-2-1-3-5-18/h1-5,12-14H,6-11H2,(H,28,31). The van der Waals surface area contributed by atoms with Crippen molar-refractivity contribution < 1.29 is 31.1 Å². The molecular weight excluding hydrogens is 424 g/mol. The number of nitrogens with one attached hydrogen (secondary N) is 1. The number of anilines is 1. The summed E-state index contributed by atoms with van der Waals surface area (Å²) in [7, 11) is 0. The van der Waals surface area contributed by atoms with Gasteiger partial charge >= 0.3 is 12.4 Å². The molecule has 1 fully saturated rings. The van der Waals surface area contributed by atoms with Crippen molar-refractivity contribution in [1.29, 1.82) is 0 Å². The van der Waals surface area contributed by atoms with Crippen LogP contribution >= 0.6 is 0 Å². The van der Waals surface area contributed by atoms with E-state index in [0.29, 0.717) is 18.7 Å². The smallest absolute Gasteiger partial charge is 0.369 e. The first-order chi connectivity index (χ1) is 14.5. The van der Waals surface area contributed by atoms with Crippen LogP contribution in [0.4, 0.5) is 32.0 Å². The summed E-state index contributed by atoms with van der Waals surface area (Å²) in [6.45, 7) is 3.57. The number of para-hydroxylation sites is 1. The fourth-order valence-corrected chi connectivity index (χ4v) is 3.38. The third-order valence-corrected chi connectivity index (χ3v) is 5.06. The topological polar surface area (TPSA) is 35.6 Å². The Labute approximate surface area is 175 Å². The van der Waals surface area contributed by atoms with Gasteiger partial charge in [-0.2, -0.15) is 26.3 Å². The lowest BCUT2D eigenvalue weighted by Crippen LogP contribution is -2.48. The average Bonchev–Trinajstić information content (AvgIpc) is 2.73. The molecule has 31 heavy (non-hydrogen) atoms. The summed E-state index contributed by atoms with van der Waals surface area (Å²) < 4.78 is 77.6. The van der Waals surface area contributed by atoms with Gasteiger partial charge in [0.05, 0.1) is 11.1 Å². The number of rotatable bonds is 5. The highest BCUT2D eigenvalue weighted by molar-refractivity contribution is 5.94. The minimum absolute atomic E-state index is 0.00298. The number of piperazine rings is 1. The molecule has 0 radical (unpaired) electrons. The molecule has 1 saturated heterocycles. The Hall–Kier alpha value is -2.75. The molecule has 10 heteroatoms. The second-order valence-corrected chi connectivity index (χ2v) is 7.21. The highest BCUT2D eigenvalue weighted by atomic mass is 19.4. The Morgan fingerprint density at radius 3 is 1.90 bits per heavy atom. The zero-order valence-electron chi connectivity index (χ0n) is 16.4.